The lowest BCUT2D eigenvalue weighted by Crippen LogP contribution is -2.28. The average molecular weight is 375 g/mol. The van der Waals surface area contributed by atoms with E-state index in [0.717, 1.165) is 0 Å². The summed E-state index contributed by atoms with van der Waals surface area (Å²) >= 11 is 2.94. The van der Waals surface area contributed by atoms with Gasteiger partial charge in [0.15, 0.2) is 0 Å². The second-order valence-corrected chi connectivity index (χ2v) is 10.4. The van der Waals surface area contributed by atoms with Crippen LogP contribution in [0.5, 0.6) is 0 Å². The summed E-state index contributed by atoms with van der Waals surface area (Å²) in [4.78, 5) is 0. The number of rotatable bonds is 3. The van der Waals surface area contributed by atoms with E-state index >= 15 is 0 Å². The van der Waals surface area contributed by atoms with Gasteiger partial charge in [-0.25, -0.2) is 0 Å². The Morgan fingerprint density at radius 1 is 0.476 bits per heavy atom. The zero-order valence-corrected chi connectivity index (χ0v) is 16.6. The Morgan fingerprint density at radius 3 is 0.952 bits per heavy atom. The molecule has 0 aromatic rings. The van der Waals surface area contributed by atoms with Crippen LogP contribution in [0.4, 0.5) is 0 Å². The minimum Gasteiger partial charge on any atom is -0.0971 e. The molecule has 0 saturated heterocycles. The minimum atomic E-state index is 0.385. The van der Waals surface area contributed by atoms with E-state index in [-0.39, 0.29) is 0 Å². The van der Waals surface area contributed by atoms with Crippen molar-refractivity contribution >= 4 is 23.9 Å². The Morgan fingerprint density at radius 2 is 0.714 bits per heavy atom. The summed E-state index contributed by atoms with van der Waals surface area (Å²) in [7, 11) is 0.385. The van der Waals surface area contributed by atoms with Crippen LogP contribution in [0.3, 0.4) is 0 Å². The van der Waals surface area contributed by atoms with E-state index in [1.807, 2.05) is 5.83 Å². The zero-order chi connectivity index (χ0) is 14.9. The molecule has 0 aromatic carbocycles. The number of hydrogen-bond acceptors (Lipinski definition) is 0. The summed E-state index contributed by atoms with van der Waals surface area (Å²) < 4.78 is 0. The molecule has 0 amide bonds. The van der Waals surface area contributed by atoms with Crippen LogP contribution in [0.1, 0.15) is 96.3 Å². The Labute approximate surface area is 143 Å². The highest BCUT2D eigenvalue weighted by molar-refractivity contribution is 9.08. The van der Waals surface area contributed by atoms with Crippen LogP contribution in [0.25, 0.3) is 0 Å². The summed E-state index contributed by atoms with van der Waals surface area (Å²) in [5, 5.41) is 0. The van der Waals surface area contributed by atoms with E-state index in [4.69, 9.17) is 0 Å². The Kier molecular flexibility index (Phi) is 9.25. The van der Waals surface area contributed by atoms with E-state index in [1.165, 1.54) is 36.2 Å². The van der Waals surface area contributed by atoms with Crippen LogP contribution in [0.2, 0.25) is 0 Å². The largest absolute Gasteiger partial charge is 0.0971 e. The van der Waals surface area contributed by atoms with Crippen molar-refractivity contribution in [3.05, 3.63) is 0 Å². The van der Waals surface area contributed by atoms with Gasteiger partial charge in [0.25, 0.3) is 0 Å². The molecular formula is C19H36BrP. The van der Waals surface area contributed by atoms with Crippen molar-refractivity contribution in [1.29, 1.82) is 0 Å². The topological polar surface area (TPSA) is 0 Å². The molecule has 0 spiro atoms. The molecule has 21 heavy (non-hydrogen) atoms. The molecule has 0 aromatic heterocycles. The van der Waals surface area contributed by atoms with Gasteiger partial charge in [-0.05, 0) is 61.3 Å². The van der Waals surface area contributed by atoms with Crippen LogP contribution >= 0.6 is 23.9 Å². The SMILES string of the molecule is C1CCC(P(C2CCCCC2)C2CCCCC2)CC1.CBr. The van der Waals surface area contributed by atoms with Gasteiger partial charge >= 0.3 is 0 Å². The van der Waals surface area contributed by atoms with Gasteiger partial charge in [0.2, 0.25) is 0 Å². The van der Waals surface area contributed by atoms with Crippen LogP contribution in [-0.2, 0) is 0 Å². The zero-order valence-electron chi connectivity index (χ0n) is 14.2. The van der Waals surface area contributed by atoms with E-state index in [9.17, 15) is 0 Å². The summed E-state index contributed by atoms with van der Waals surface area (Å²) in [6.07, 6.45) is 23.6. The summed E-state index contributed by atoms with van der Waals surface area (Å²) in [5.41, 5.74) is 3.57. The second-order valence-electron chi connectivity index (χ2n) is 7.32. The fourth-order valence-corrected chi connectivity index (χ4v) is 9.71. The molecule has 0 aliphatic heterocycles. The lowest BCUT2D eigenvalue weighted by molar-refractivity contribution is 0.460. The van der Waals surface area contributed by atoms with Crippen LogP contribution in [0.15, 0.2) is 0 Å². The van der Waals surface area contributed by atoms with E-state index in [2.05, 4.69) is 15.9 Å². The molecule has 0 N–H and O–H groups in total. The standard InChI is InChI=1S/C18H33P.CH3Br/c1-4-10-16(11-5-1)19(17-12-6-2-7-13-17)18-14-8-3-9-15-18;1-2/h16-18H,1-15H2;1H3. The molecule has 3 rings (SSSR count). The summed E-state index contributed by atoms with van der Waals surface area (Å²) in [5.74, 6) is 1.81. The van der Waals surface area contributed by atoms with Crippen molar-refractivity contribution in [1.82, 2.24) is 0 Å². The molecule has 0 radical (unpaired) electrons. The maximum absolute atomic E-state index is 2.94. The fraction of sp³-hybridized carbons (Fsp3) is 1.00. The second kappa shape index (κ2) is 10.6. The van der Waals surface area contributed by atoms with Crippen molar-refractivity contribution in [2.45, 2.75) is 113 Å². The average Bonchev–Trinajstić information content (AvgIpc) is 2.60. The maximum Gasteiger partial charge on any atom is -0.00848 e. The number of hydrogen-bond donors (Lipinski definition) is 0. The van der Waals surface area contributed by atoms with Gasteiger partial charge in [0, 0.05) is 0 Å². The first-order chi connectivity index (χ1) is 10.4. The van der Waals surface area contributed by atoms with Crippen molar-refractivity contribution < 1.29 is 0 Å². The van der Waals surface area contributed by atoms with E-state index in [0.29, 0.717) is 7.92 Å². The van der Waals surface area contributed by atoms with Crippen molar-refractivity contribution in [2.75, 3.05) is 5.83 Å². The predicted octanol–water partition coefficient (Wildman–Crippen LogP) is 7.48. The Bertz CT molecular complexity index is 207. The van der Waals surface area contributed by atoms with Crippen molar-refractivity contribution in [3.63, 3.8) is 0 Å². The first kappa shape index (κ1) is 18.3. The van der Waals surface area contributed by atoms with Crippen molar-refractivity contribution in [3.8, 4) is 0 Å². The highest BCUT2D eigenvalue weighted by atomic mass is 79.9. The molecule has 124 valence electrons. The smallest absolute Gasteiger partial charge is 0.00848 e. The maximum atomic E-state index is 2.94. The van der Waals surface area contributed by atoms with Gasteiger partial charge in [-0.1, -0.05) is 81.6 Å². The molecule has 0 unspecified atom stereocenters. The van der Waals surface area contributed by atoms with Gasteiger partial charge in [0.05, 0.1) is 0 Å². The first-order valence-electron chi connectivity index (χ1n) is 9.60. The van der Waals surface area contributed by atoms with Gasteiger partial charge in [-0.3, -0.25) is 0 Å². The van der Waals surface area contributed by atoms with Gasteiger partial charge < -0.3 is 0 Å². The molecule has 3 aliphatic carbocycles. The van der Waals surface area contributed by atoms with Crippen LogP contribution < -0.4 is 0 Å². The molecule has 3 saturated carbocycles. The molecule has 0 atom stereocenters. The van der Waals surface area contributed by atoms with E-state index in [1.54, 1.807) is 77.0 Å². The van der Waals surface area contributed by atoms with Gasteiger partial charge in [-0.2, -0.15) is 0 Å². The third-order valence-electron chi connectivity index (χ3n) is 5.99. The molecule has 0 heterocycles. The third kappa shape index (κ3) is 5.49. The predicted molar refractivity (Wildman–Crippen MR) is 102 cm³/mol. The minimum absolute atomic E-state index is 0.385. The third-order valence-corrected chi connectivity index (χ3v) is 10.1. The fourth-order valence-electron chi connectivity index (χ4n) is 5.03. The van der Waals surface area contributed by atoms with Crippen LogP contribution in [-0.4, -0.2) is 22.8 Å². The summed E-state index contributed by atoms with van der Waals surface area (Å²) in [6, 6.07) is 0. The number of alkyl halides is 1. The monoisotopic (exact) mass is 374 g/mol. The summed E-state index contributed by atoms with van der Waals surface area (Å²) in [6.45, 7) is 0. The molecule has 0 nitrogen and oxygen atoms in total. The molecule has 3 fully saturated rings. The molecule has 3 aliphatic rings. The molecular weight excluding hydrogens is 339 g/mol. The lowest BCUT2D eigenvalue weighted by atomic mass is 9.99. The Hall–Kier alpha value is 0.910. The molecule has 2 heteroatoms. The van der Waals surface area contributed by atoms with E-state index < -0.39 is 0 Å². The Balaban J connectivity index is 0.000000774. The van der Waals surface area contributed by atoms with Crippen LogP contribution in [0, 0.1) is 0 Å². The normalized spacial score (nSPS) is 26.4. The van der Waals surface area contributed by atoms with Gasteiger partial charge in [0.1, 0.15) is 0 Å². The quantitative estimate of drug-likeness (QED) is 0.354. The molecule has 0 bridgehead atoms. The first-order valence-corrected chi connectivity index (χ1v) is 12.7. The number of halogens is 1. The lowest BCUT2D eigenvalue weighted by Gasteiger charge is -2.44. The van der Waals surface area contributed by atoms with Crippen molar-refractivity contribution in [2.24, 2.45) is 0 Å². The highest BCUT2D eigenvalue weighted by Crippen LogP contribution is 2.61. The van der Waals surface area contributed by atoms with Gasteiger partial charge in [-0.15, -0.1) is 0 Å². The highest BCUT2D eigenvalue weighted by Gasteiger charge is 2.36.